The Morgan fingerprint density at radius 1 is 1.21 bits per heavy atom. The minimum Gasteiger partial charge on any atom is -0.343 e. The number of nitrogens with zero attached hydrogens (tertiary/aromatic N) is 5. The van der Waals surface area contributed by atoms with E-state index in [4.69, 9.17) is 0 Å². The number of imide groups is 1. The van der Waals surface area contributed by atoms with Crippen LogP contribution in [0.15, 0.2) is 0 Å². The van der Waals surface area contributed by atoms with Crippen molar-refractivity contribution in [1.29, 1.82) is 0 Å². The lowest BCUT2D eigenvalue weighted by Gasteiger charge is -2.39. The summed E-state index contributed by atoms with van der Waals surface area (Å²) in [5.74, 6) is 0.139. The molecule has 0 aromatic carbocycles. The maximum absolute atomic E-state index is 12.8. The molecule has 0 radical (unpaired) electrons. The van der Waals surface area contributed by atoms with Gasteiger partial charge in [0, 0.05) is 45.3 Å². The third-order valence-electron chi connectivity index (χ3n) is 7.28. The molecule has 3 aliphatic rings. The van der Waals surface area contributed by atoms with Gasteiger partial charge < -0.3 is 9.80 Å². The highest BCUT2D eigenvalue weighted by molar-refractivity contribution is 6.04. The summed E-state index contributed by atoms with van der Waals surface area (Å²) in [6, 6.07) is -0.429. The Morgan fingerprint density at radius 3 is 2.45 bits per heavy atom. The van der Waals surface area contributed by atoms with E-state index in [1.165, 1.54) is 10.5 Å². The first kappa shape index (κ1) is 19.9. The molecule has 4 heterocycles. The van der Waals surface area contributed by atoms with Gasteiger partial charge in [0.25, 0.3) is 5.91 Å². The third-order valence-corrected chi connectivity index (χ3v) is 7.28. The predicted octanol–water partition coefficient (Wildman–Crippen LogP) is 1.63. The molecule has 3 fully saturated rings. The number of aryl methyl sites for hydroxylation is 2. The van der Waals surface area contributed by atoms with Crippen LogP contribution in [0.2, 0.25) is 0 Å². The van der Waals surface area contributed by atoms with E-state index in [0.717, 1.165) is 37.1 Å². The molecule has 4 rings (SSSR count). The van der Waals surface area contributed by atoms with Crippen LogP contribution >= 0.6 is 0 Å². The highest BCUT2D eigenvalue weighted by Crippen LogP contribution is 2.46. The van der Waals surface area contributed by atoms with Crippen LogP contribution in [0.25, 0.3) is 0 Å². The van der Waals surface area contributed by atoms with E-state index in [2.05, 4.69) is 5.10 Å². The lowest BCUT2D eigenvalue weighted by atomic mass is 9.76. The quantitative estimate of drug-likeness (QED) is 0.719. The Hall–Kier alpha value is -2.38. The van der Waals surface area contributed by atoms with Crippen molar-refractivity contribution in [3.63, 3.8) is 0 Å². The van der Waals surface area contributed by atoms with Gasteiger partial charge in [-0.25, -0.2) is 4.79 Å². The topological polar surface area (TPSA) is 78.8 Å². The lowest BCUT2D eigenvalue weighted by molar-refractivity contribution is -0.134. The normalized spacial score (nSPS) is 23.4. The molecule has 3 aliphatic heterocycles. The van der Waals surface area contributed by atoms with Crippen molar-refractivity contribution >= 4 is 17.8 Å². The monoisotopic (exact) mass is 401 g/mol. The molecule has 8 heteroatoms. The van der Waals surface area contributed by atoms with Gasteiger partial charge in [-0.1, -0.05) is 0 Å². The Bertz CT molecular complexity index is 827. The minimum absolute atomic E-state index is 0.0108. The summed E-state index contributed by atoms with van der Waals surface area (Å²) in [5.41, 5.74) is 3.28. The van der Waals surface area contributed by atoms with E-state index in [0.29, 0.717) is 32.6 Å². The van der Waals surface area contributed by atoms with Gasteiger partial charge in [0.2, 0.25) is 5.91 Å². The first-order chi connectivity index (χ1) is 13.8. The van der Waals surface area contributed by atoms with Crippen LogP contribution in [0.3, 0.4) is 0 Å². The average molecular weight is 402 g/mol. The maximum atomic E-state index is 12.8. The standard InChI is InChI=1S/C21H31N5O3/c1-5-25-19(28)17-12-21(13-26(17)20(25)29)8-10-24(11-9-21)18(27)7-6-16-14(2)22-23(4)15(16)3/h17H,5-13H2,1-4H3/t17-/m0/s1. The number of carbonyl (C=O) groups excluding carboxylic acids is 3. The Kier molecular flexibility index (Phi) is 4.91. The SMILES string of the molecule is CCN1C(=O)[C@@H]2CC3(CCN(C(=O)CCc4c(C)nn(C)c4C)CC3)CN2C1=O. The molecule has 158 valence electrons. The molecular weight excluding hydrogens is 370 g/mol. The number of fused-ring (bicyclic) bond motifs is 1. The van der Waals surface area contributed by atoms with Gasteiger partial charge >= 0.3 is 6.03 Å². The summed E-state index contributed by atoms with van der Waals surface area (Å²) >= 11 is 0. The molecule has 1 spiro atoms. The molecule has 8 nitrogen and oxygen atoms in total. The summed E-state index contributed by atoms with van der Waals surface area (Å²) in [5, 5.41) is 4.43. The number of carbonyl (C=O) groups is 3. The largest absolute Gasteiger partial charge is 0.343 e. The average Bonchev–Trinajstić information content (AvgIpc) is 3.25. The van der Waals surface area contributed by atoms with E-state index in [1.807, 2.05) is 37.4 Å². The number of urea groups is 1. The van der Waals surface area contributed by atoms with Crippen molar-refractivity contribution in [1.82, 2.24) is 24.5 Å². The predicted molar refractivity (Wildman–Crippen MR) is 107 cm³/mol. The van der Waals surface area contributed by atoms with Gasteiger partial charge in [-0.15, -0.1) is 0 Å². The first-order valence-corrected chi connectivity index (χ1v) is 10.6. The number of likely N-dealkylation sites (N-methyl/N-ethyl adjacent to an activating group) is 1. The molecule has 0 N–H and O–H groups in total. The molecule has 29 heavy (non-hydrogen) atoms. The van der Waals surface area contributed by atoms with E-state index in [1.54, 1.807) is 4.90 Å². The Balaban J connectivity index is 1.33. The van der Waals surface area contributed by atoms with Crippen molar-refractivity contribution in [3.05, 3.63) is 17.0 Å². The van der Waals surface area contributed by atoms with Gasteiger partial charge in [0.1, 0.15) is 6.04 Å². The van der Waals surface area contributed by atoms with E-state index >= 15 is 0 Å². The maximum Gasteiger partial charge on any atom is 0.327 e. The van der Waals surface area contributed by atoms with Crippen LogP contribution < -0.4 is 0 Å². The Morgan fingerprint density at radius 2 is 1.90 bits per heavy atom. The second kappa shape index (κ2) is 7.15. The van der Waals surface area contributed by atoms with Crippen molar-refractivity contribution in [2.45, 2.75) is 58.9 Å². The number of piperidine rings is 1. The molecule has 0 saturated carbocycles. The van der Waals surface area contributed by atoms with Gasteiger partial charge in [0.15, 0.2) is 0 Å². The van der Waals surface area contributed by atoms with Gasteiger partial charge in [-0.3, -0.25) is 19.2 Å². The van der Waals surface area contributed by atoms with Crippen LogP contribution in [0.1, 0.15) is 49.6 Å². The molecule has 4 amide bonds. The van der Waals surface area contributed by atoms with Crippen LogP contribution in [0.5, 0.6) is 0 Å². The molecular formula is C21H31N5O3. The number of amides is 4. The minimum atomic E-state index is -0.291. The van der Waals surface area contributed by atoms with Crippen LogP contribution in [0.4, 0.5) is 4.79 Å². The molecule has 0 bridgehead atoms. The van der Waals surface area contributed by atoms with Gasteiger partial charge in [0.05, 0.1) is 5.69 Å². The molecule has 0 aliphatic carbocycles. The number of hydrogen-bond acceptors (Lipinski definition) is 4. The smallest absolute Gasteiger partial charge is 0.327 e. The first-order valence-electron chi connectivity index (χ1n) is 10.6. The highest BCUT2D eigenvalue weighted by Gasteiger charge is 2.56. The summed E-state index contributed by atoms with van der Waals surface area (Å²) in [6.07, 6.45) is 3.69. The Labute approximate surface area is 171 Å². The van der Waals surface area contributed by atoms with E-state index in [-0.39, 0.29) is 29.3 Å². The van der Waals surface area contributed by atoms with Gasteiger partial charge in [-0.2, -0.15) is 5.10 Å². The van der Waals surface area contributed by atoms with E-state index in [9.17, 15) is 14.4 Å². The fourth-order valence-electron chi connectivity index (χ4n) is 5.36. The number of rotatable bonds is 4. The zero-order valence-corrected chi connectivity index (χ0v) is 17.9. The lowest BCUT2D eigenvalue weighted by Crippen LogP contribution is -2.45. The van der Waals surface area contributed by atoms with Crippen molar-refractivity contribution in [2.24, 2.45) is 12.5 Å². The fourth-order valence-corrected chi connectivity index (χ4v) is 5.36. The molecule has 3 saturated heterocycles. The van der Waals surface area contributed by atoms with Crippen molar-refractivity contribution in [2.75, 3.05) is 26.2 Å². The van der Waals surface area contributed by atoms with Gasteiger partial charge in [-0.05, 0) is 57.4 Å². The fraction of sp³-hybridized carbons (Fsp3) is 0.714. The third kappa shape index (κ3) is 3.22. The summed E-state index contributed by atoms with van der Waals surface area (Å²) in [7, 11) is 1.93. The molecule has 1 aromatic heterocycles. The van der Waals surface area contributed by atoms with E-state index < -0.39 is 0 Å². The summed E-state index contributed by atoms with van der Waals surface area (Å²) < 4.78 is 1.87. The summed E-state index contributed by atoms with van der Waals surface area (Å²) in [6.45, 7) is 8.39. The van der Waals surface area contributed by atoms with Crippen LogP contribution in [0, 0.1) is 19.3 Å². The molecule has 1 aromatic rings. The zero-order valence-electron chi connectivity index (χ0n) is 17.9. The van der Waals surface area contributed by atoms with Crippen molar-refractivity contribution in [3.8, 4) is 0 Å². The van der Waals surface area contributed by atoms with Crippen LogP contribution in [-0.4, -0.2) is 74.5 Å². The molecule has 1 atom stereocenters. The highest BCUT2D eigenvalue weighted by atomic mass is 16.2. The number of hydrogen-bond donors (Lipinski definition) is 0. The second-order valence-electron chi connectivity index (χ2n) is 8.87. The number of likely N-dealkylation sites (tertiary alicyclic amines) is 1. The van der Waals surface area contributed by atoms with Crippen LogP contribution in [-0.2, 0) is 23.1 Å². The summed E-state index contributed by atoms with van der Waals surface area (Å²) in [4.78, 5) is 42.8. The second-order valence-corrected chi connectivity index (χ2v) is 8.87. The number of aromatic nitrogens is 2. The molecule has 0 unspecified atom stereocenters. The zero-order chi connectivity index (χ0) is 20.9. The van der Waals surface area contributed by atoms with Crippen molar-refractivity contribution < 1.29 is 14.4 Å².